The third kappa shape index (κ3) is 3.90. The molecule has 6 rings (SSSR count). The first kappa shape index (κ1) is 21.1. The number of nitrogens with zero attached hydrogens (tertiary/aromatic N) is 4. The number of hydrogen-bond acceptors (Lipinski definition) is 6. The van der Waals surface area contributed by atoms with E-state index >= 15 is 0 Å². The van der Waals surface area contributed by atoms with Crippen LogP contribution in [0.15, 0.2) is 65.4 Å². The Kier molecular flexibility index (Phi) is 5.02. The van der Waals surface area contributed by atoms with Crippen LogP contribution in [0.2, 0.25) is 0 Å². The molecule has 8 nitrogen and oxygen atoms in total. The van der Waals surface area contributed by atoms with E-state index in [1.807, 2.05) is 53.4 Å². The van der Waals surface area contributed by atoms with Gasteiger partial charge < -0.3 is 9.32 Å². The number of sulfone groups is 1. The standard InChI is InChI=1S/C25H24N4O4S/c30-25(29(18-8-9-18)19-10-12-34(31,32)16-19)21-13-23(17-5-2-1-3-6-17)27-24-22(21)14-26-28(24)15-20-7-4-11-33-20/h1-7,11,13-14,18-19H,8-10,12,15-16H2. The van der Waals surface area contributed by atoms with Crippen LogP contribution >= 0.6 is 0 Å². The number of carbonyl (C=O) groups is 1. The van der Waals surface area contributed by atoms with Gasteiger partial charge in [0, 0.05) is 17.6 Å². The monoisotopic (exact) mass is 476 g/mol. The summed E-state index contributed by atoms with van der Waals surface area (Å²) >= 11 is 0. The smallest absolute Gasteiger partial charge is 0.255 e. The van der Waals surface area contributed by atoms with E-state index in [9.17, 15) is 13.2 Å². The number of amides is 1. The zero-order valence-electron chi connectivity index (χ0n) is 18.5. The third-order valence-electron chi connectivity index (χ3n) is 6.57. The van der Waals surface area contributed by atoms with Gasteiger partial charge in [0.25, 0.3) is 5.91 Å². The molecule has 2 aliphatic rings. The van der Waals surface area contributed by atoms with Crippen LogP contribution in [0.3, 0.4) is 0 Å². The van der Waals surface area contributed by atoms with E-state index in [4.69, 9.17) is 9.40 Å². The van der Waals surface area contributed by atoms with Gasteiger partial charge in [0.2, 0.25) is 0 Å². The molecule has 3 aromatic heterocycles. The van der Waals surface area contributed by atoms with Crippen molar-refractivity contribution in [2.24, 2.45) is 0 Å². The SMILES string of the molecule is O=C(c1cc(-c2ccccc2)nc2c1cnn2Cc1ccco1)N(C1CC1)C1CCS(=O)(=O)C1. The quantitative estimate of drug-likeness (QED) is 0.422. The molecule has 1 atom stereocenters. The molecule has 2 fully saturated rings. The fourth-order valence-corrected chi connectivity index (χ4v) is 6.47. The Morgan fingerprint density at radius 2 is 1.91 bits per heavy atom. The van der Waals surface area contributed by atoms with Crippen molar-refractivity contribution < 1.29 is 17.6 Å². The average molecular weight is 477 g/mol. The van der Waals surface area contributed by atoms with Crippen LogP contribution in [0.25, 0.3) is 22.3 Å². The largest absolute Gasteiger partial charge is 0.467 e. The van der Waals surface area contributed by atoms with Crippen LogP contribution in [0.4, 0.5) is 0 Å². The first-order chi connectivity index (χ1) is 16.5. The van der Waals surface area contributed by atoms with Gasteiger partial charge in [-0.15, -0.1) is 0 Å². The Morgan fingerprint density at radius 1 is 1.09 bits per heavy atom. The molecule has 0 bridgehead atoms. The Morgan fingerprint density at radius 3 is 2.59 bits per heavy atom. The summed E-state index contributed by atoms with van der Waals surface area (Å²) in [5.74, 6) is 0.760. The van der Waals surface area contributed by atoms with Gasteiger partial charge in [0.1, 0.15) is 12.3 Å². The maximum absolute atomic E-state index is 14.0. The van der Waals surface area contributed by atoms with E-state index in [0.717, 1.165) is 24.2 Å². The van der Waals surface area contributed by atoms with Gasteiger partial charge in [-0.1, -0.05) is 30.3 Å². The lowest BCUT2D eigenvalue weighted by atomic mass is 10.0. The van der Waals surface area contributed by atoms with Crippen molar-refractivity contribution in [1.29, 1.82) is 0 Å². The van der Waals surface area contributed by atoms with Gasteiger partial charge in [0.05, 0.1) is 40.6 Å². The van der Waals surface area contributed by atoms with Gasteiger partial charge in [-0.3, -0.25) is 4.79 Å². The number of aromatic nitrogens is 3. The molecule has 0 N–H and O–H groups in total. The van der Waals surface area contributed by atoms with Crippen LogP contribution in [0, 0.1) is 0 Å². The summed E-state index contributed by atoms with van der Waals surface area (Å²) in [6.07, 6.45) is 5.58. The third-order valence-corrected chi connectivity index (χ3v) is 8.32. The Labute approximate surface area is 197 Å². The lowest BCUT2D eigenvalue weighted by Gasteiger charge is -2.28. The average Bonchev–Trinajstić information content (AvgIpc) is 3.21. The molecular weight excluding hydrogens is 452 g/mol. The molecule has 4 aromatic rings. The van der Waals surface area contributed by atoms with E-state index in [0.29, 0.717) is 35.3 Å². The predicted molar refractivity (Wildman–Crippen MR) is 127 cm³/mol. The molecule has 0 radical (unpaired) electrons. The van der Waals surface area contributed by atoms with Gasteiger partial charge in [0.15, 0.2) is 15.5 Å². The molecular formula is C25H24N4O4S. The lowest BCUT2D eigenvalue weighted by Crippen LogP contribution is -2.42. The number of fused-ring (bicyclic) bond motifs is 1. The highest BCUT2D eigenvalue weighted by Crippen LogP contribution is 2.35. The van der Waals surface area contributed by atoms with Crippen molar-refractivity contribution in [3.63, 3.8) is 0 Å². The van der Waals surface area contributed by atoms with E-state index in [2.05, 4.69) is 5.10 Å². The van der Waals surface area contributed by atoms with Crippen LogP contribution < -0.4 is 0 Å². The second-order valence-corrected chi connectivity index (χ2v) is 11.3. The number of furan rings is 1. The summed E-state index contributed by atoms with van der Waals surface area (Å²) in [6, 6.07) is 15.0. The maximum Gasteiger partial charge on any atom is 0.255 e. The maximum atomic E-state index is 14.0. The molecule has 1 aliphatic carbocycles. The first-order valence-corrected chi connectivity index (χ1v) is 13.3. The van der Waals surface area contributed by atoms with E-state index in [-0.39, 0.29) is 29.5 Å². The molecule has 0 spiro atoms. The fourth-order valence-electron chi connectivity index (χ4n) is 4.76. The summed E-state index contributed by atoms with van der Waals surface area (Å²) in [6.45, 7) is 0.391. The zero-order chi connectivity index (χ0) is 23.3. The second kappa shape index (κ2) is 8.09. The molecule has 1 unspecified atom stereocenters. The predicted octanol–water partition coefficient (Wildman–Crippen LogP) is 3.53. The summed E-state index contributed by atoms with van der Waals surface area (Å²) in [4.78, 5) is 20.7. The fraction of sp³-hybridized carbons (Fsp3) is 0.320. The van der Waals surface area contributed by atoms with Crippen LogP contribution in [-0.2, 0) is 16.4 Å². The van der Waals surface area contributed by atoms with Crippen molar-refractivity contribution >= 4 is 26.8 Å². The van der Waals surface area contributed by atoms with Crippen LogP contribution in [-0.4, -0.2) is 57.6 Å². The Balaban J connectivity index is 1.47. The van der Waals surface area contributed by atoms with E-state index in [1.54, 1.807) is 17.1 Å². The lowest BCUT2D eigenvalue weighted by molar-refractivity contribution is 0.0683. The normalized spacial score (nSPS) is 19.5. The molecule has 1 amide bonds. The molecule has 34 heavy (non-hydrogen) atoms. The van der Waals surface area contributed by atoms with Crippen molar-refractivity contribution in [3.05, 3.63) is 72.3 Å². The summed E-state index contributed by atoms with van der Waals surface area (Å²) in [5, 5.41) is 5.17. The summed E-state index contributed by atoms with van der Waals surface area (Å²) < 4.78 is 31.6. The highest BCUT2D eigenvalue weighted by Gasteiger charge is 2.43. The van der Waals surface area contributed by atoms with Gasteiger partial charge in [-0.25, -0.2) is 18.1 Å². The summed E-state index contributed by atoms with van der Waals surface area (Å²) in [7, 11) is -3.11. The van der Waals surface area contributed by atoms with Crippen LogP contribution in [0.1, 0.15) is 35.4 Å². The number of benzene rings is 1. The number of hydrogen-bond donors (Lipinski definition) is 0. The Bertz CT molecular complexity index is 1460. The van der Waals surface area contributed by atoms with Crippen molar-refractivity contribution in [2.75, 3.05) is 11.5 Å². The molecule has 1 aromatic carbocycles. The van der Waals surface area contributed by atoms with Gasteiger partial charge in [-0.2, -0.15) is 5.10 Å². The highest BCUT2D eigenvalue weighted by atomic mass is 32.2. The van der Waals surface area contributed by atoms with E-state index < -0.39 is 9.84 Å². The van der Waals surface area contributed by atoms with Crippen LogP contribution in [0.5, 0.6) is 0 Å². The van der Waals surface area contributed by atoms with Crippen molar-refractivity contribution in [1.82, 2.24) is 19.7 Å². The zero-order valence-corrected chi connectivity index (χ0v) is 19.3. The molecule has 1 aliphatic heterocycles. The summed E-state index contributed by atoms with van der Waals surface area (Å²) in [5.41, 5.74) is 2.67. The Hall–Kier alpha value is -3.46. The van der Waals surface area contributed by atoms with Crippen molar-refractivity contribution in [2.45, 2.75) is 37.9 Å². The molecule has 4 heterocycles. The van der Waals surface area contributed by atoms with Gasteiger partial charge in [-0.05, 0) is 37.5 Å². The number of pyridine rings is 1. The molecule has 1 saturated heterocycles. The number of carbonyl (C=O) groups excluding carboxylic acids is 1. The molecule has 9 heteroatoms. The van der Waals surface area contributed by atoms with E-state index in [1.165, 1.54) is 0 Å². The first-order valence-electron chi connectivity index (χ1n) is 11.5. The van der Waals surface area contributed by atoms with Crippen molar-refractivity contribution in [3.8, 4) is 11.3 Å². The molecule has 1 saturated carbocycles. The minimum atomic E-state index is -3.11. The number of rotatable bonds is 6. The second-order valence-electron chi connectivity index (χ2n) is 9.04. The minimum Gasteiger partial charge on any atom is -0.467 e. The minimum absolute atomic E-state index is 0.0345. The van der Waals surface area contributed by atoms with Gasteiger partial charge >= 0.3 is 0 Å². The molecule has 174 valence electrons. The highest BCUT2D eigenvalue weighted by molar-refractivity contribution is 7.91. The topological polar surface area (TPSA) is 98.3 Å².